The molecule has 0 saturated carbocycles. The lowest BCUT2D eigenvalue weighted by atomic mass is 10.1. The minimum absolute atomic E-state index is 0.106. The molecule has 0 aliphatic carbocycles. The highest BCUT2D eigenvalue weighted by Gasteiger charge is 2.35. The molecule has 2 aromatic heterocycles. The van der Waals surface area contributed by atoms with Gasteiger partial charge in [-0.3, -0.25) is 19.7 Å². The Hall–Kier alpha value is -2.91. The summed E-state index contributed by atoms with van der Waals surface area (Å²) in [5.41, 5.74) is -0.640. The number of alkyl halides is 3. The Morgan fingerprint density at radius 3 is 2.62 bits per heavy atom. The van der Waals surface area contributed by atoms with Crippen LogP contribution in [-0.4, -0.2) is 44.5 Å². The second-order valence-corrected chi connectivity index (χ2v) is 6.01. The summed E-state index contributed by atoms with van der Waals surface area (Å²) in [7, 11) is 0. The first-order chi connectivity index (χ1) is 12.3. The molecule has 7 nitrogen and oxygen atoms in total. The molecule has 2 amide bonds. The molecule has 1 saturated heterocycles. The number of hydrogen-bond acceptors (Lipinski definition) is 4. The lowest BCUT2D eigenvalue weighted by Gasteiger charge is -2.25. The van der Waals surface area contributed by atoms with E-state index < -0.39 is 17.8 Å². The van der Waals surface area contributed by atoms with Crippen molar-refractivity contribution in [3.05, 3.63) is 47.5 Å². The van der Waals surface area contributed by atoms with Crippen LogP contribution in [0.25, 0.3) is 0 Å². The van der Waals surface area contributed by atoms with Gasteiger partial charge in [0.05, 0.1) is 0 Å². The summed E-state index contributed by atoms with van der Waals surface area (Å²) >= 11 is 0. The summed E-state index contributed by atoms with van der Waals surface area (Å²) in [5.74, 6) is -0.750. The Morgan fingerprint density at radius 2 is 2.04 bits per heavy atom. The lowest BCUT2D eigenvalue weighted by Crippen LogP contribution is -2.41. The summed E-state index contributed by atoms with van der Waals surface area (Å²) in [5, 5.41) is 8.10. The largest absolute Gasteiger partial charge is 0.432 e. The van der Waals surface area contributed by atoms with Crippen molar-refractivity contribution >= 4 is 11.8 Å². The molecule has 0 spiro atoms. The van der Waals surface area contributed by atoms with Crippen molar-refractivity contribution in [2.45, 2.75) is 31.6 Å². The maximum absolute atomic E-state index is 12.7. The van der Waals surface area contributed by atoms with Crippen LogP contribution in [0.3, 0.4) is 0 Å². The standard InChI is InChI=1S/C16H16F3N5O2/c17-16(18,19)13-7-12(22-23-13)15(26)24(8-10-3-5-20-6-4-10)9-11-1-2-14(25)21-11/h3-7,11H,1-2,8-9H2,(H,21,25)(H,22,23)/t11-/m0/s1. The summed E-state index contributed by atoms with van der Waals surface area (Å²) in [4.78, 5) is 29.4. The molecule has 2 N–H and O–H groups in total. The first kappa shape index (κ1) is 17.9. The van der Waals surface area contributed by atoms with Crippen LogP contribution in [0.1, 0.15) is 34.6 Å². The molecular weight excluding hydrogens is 351 g/mol. The Morgan fingerprint density at radius 1 is 1.31 bits per heavy atom. The summed E-state index contributed by atoms with van der Waals surface area (Å²) < 4.78 is 38.2. The third kappa shape index (κ3) is 4.19. The van der Waals surface area contributed by atoms with Crippen LogP contribution in [-0.2, 0) is 17.5 Å². The molecule has 3 heterocycles. The number of nitrogens with zero attached hydrogens (tertiary/aromatic N) is 3. The number of carbonyl (C=O) groups is 2. The fourth-order valence-corrected chi connectivity index (χ4v) is 2.75. The highest BCUT2D eigenvalue weighted by atomic mass is 19.4. The van der Waals surface area contributed by atoms with Gasteiger partial charge in [-0.05, 0) is 24.1 Å². The van der Waals surface area contributed by atoms with Crippen LogP contribution in [0.15, 0.2) is 30.6 Å². The Balaban J connectivity index is 1.80. The van der Waals surface area contributed by atoms with E-state index >= 15 is 0 Å². The minimum atomic E-state index is -4.61. The van der Waals surface area contributed by atoms with E-state index in [4.69, 9.17) is 0 Å². The Kier molecular flexibility index (Phi) is 4.92. The van der Waals surface area contributed by atoms with Crippen LogP contribution >= 0.6 is 0 Å². The van der Waals surface area contributed by atoms with Gasteiger partial charge in [0.1, 0.15) is 5.69 Å². The van der Waals surface area contributed by atoms with Crippen LogP contribution in [0.2, 0.25) is 0 Å². The zero-order valence-electron chi connectivity index (χ0n) is 13.6. The van der Waals surface area contributed by atoms with Gasteiger partial charge in [0.25, 0.3) is 5.91 Å². The van der Waals surface area contributed by atoms with Gasteiger partial charge in [0.15, 0.2) is 5.69 Å². The molecule has 1 aliphatic heterocycles. The van der Waals surface area contributed by atoms with Crippen molar-refractivity contribution in [3.63, 3.8) is 0 Å². The smallest absolute Gasteiger partial charge is 0.352 e. The fourth-order valence-electron chi connectivity index (χ4n) is 2.75. The van der Waals surface area contributed by atoms with Crippen LogP contribution < -0.4 is 5.32 Å². The molecule has 1 aliphatic rings. The number of nitrogens with one attached hydrogen (secondary N) is 2. The second kappa shape index (κ2) is 7.14. The van der Waals surface area contributed by atoms with Crippen molar-refractivity contribution in [2.24, 2.45) is 0 Å². The van der Waals surface area contributed by atoms with Crippen molar-refractivity contribution in [3.8, 4) is 0 Å². The van der Waals surface area contributed by atoms with Gasteiger partial charge >= 0.3 is 6.18 Å². The minimum Gasteiger partial charge on any atom is -0.352 e. The predicted molar refractivity (Wildman–Crippen MR) is 83.7 cm³/mol. The van der Waals surface area contributed by atoms with Crippen molar-refractivity contribution in [1.82, 2.24) is 25.4 Å². The maximum atomic E-state index is 12.7. The van der Waals surface area contributed by atoms with E-state index in [0.717, 1.165) is 5.56 Å². The van der Waals surface area contributed by atoms with Gasteiger partial charge in [-0.2, -0.15) is 18.3 Å². The first-order valence-corrected chi connectivity index (χ1v) is 7.93. The van der Waals surface area contributed by atoms with Gasteiger partial charge in [-0.1, -0.05) is 0 Å². The third-order valence-corrected chi connectivity index (χ3v) is 4.04. The average Bonchev–Trinajstić information content (AvgIpc) is 3.23. The second-order valence-electron chi connectivity index (χ2n) is 6.01. The van der Waals surface area contributed by atoms with Crippen molar-refractivity contribution in [1.29, 1.82) is 0 Å². The maximum Gasteiger partial charge on any atom is 0.432 e. The van der Waals surface area contributed by atoms with Crippen molar-refractivity contribution in [2.75, 3.05) is 6.54 Å². The summed E-state index contributed by atoms with van der Waals surface area (Å²) in [6, 6.07) is 3.86. The predicted octanol–water partition coefficient (Wildman–Crippen LogP) is 1.74. The number of aromatic nitrogens is 3. The number of aromatic amines is 1. The average molecular weight is 367 g/mol. The van der Waals surface area contributed by atoms with Crippen LogP contribution in [0, 0.1) is 0 Å². The van der Waals surface area contributed by atoms with Gasteiger partial charge in [0.2, 0.25) is 5.91 Å². The number of carbonyl (C=O) groups excluding carboxylic acids is 2. The normalized spacial score (nSPS) is 17.2. The van der Waals surface area contributed by atoms with E-state index in [2.05, 4.69) is 15.4 Å². The molecular formula is C16H16F3N5O2. The van der Waals surface area contributed by atoms with E-state index in [0.29, 0.717) is 18.9 Å². The molecule has 10 heteroatoms. The van der Waals surface area contributed by atoms with Gasteiger partial charge in [0, 0.05) is 44.0 Å². The van der Waals surface area contributed by atoms with Gasteiger partial charge in [-0.25, -0.2) is 0 Å². The SMILES string of the molecule is O=C1CC[C@@H](CN(Cc2ccncc2)C(=O)c2cc(C(F)(F)F)[nH]n2)N1. The molecule has 0 radical (unpaired) electrons. The van der Waals surface area contributed by atoms with Gasteiger partial charge < -0.3 is 10.2 Å². The zero-order valence-corrected chi connectivity index (χ0v) is 13.6. The summed E-state index contributed by atoms with van der Waals surface area (Å²) in [6.45, 7) is 0.350. The molecule has 0 aromatic carbocycles. The molecule has 138 valence electrons. The van der Waals surface area contributed by atoms with Crippen LogP contribution in [0.5, 0.6) is 0 Å². The third-order valence-electron chi connectivity index (χ3n) is 4.04. The van der Waals surface area contributed by atoms with E-state index in [9.17, 15) is 22.8 Å². The Labute approximate surface area is 146 Å². The molecule has 0 bridgehead atoms. The fraction of sp³-hybridized carbons (Fsp3) is 0.375. The number of amides is 2. The number of pyridine rings is 1. The first-order valence-electron chi connectivity index (χ1n) is 7.93. The quantitative estimate of drug-likeness (QED) is 0.842. The summed E-state index contributed by atoms with van der Waals surface area (Å²) in [6.07, 6.45) is -0.561. The number of halogens is 3. The van der Waals surface area contributed by atoms with E-state index in [1.807, 2.05) is 5.10 Å². The lowest BCUT2D eigenvalue weighted by molar-refractivity contribution is -0.141. The highest BCUT2D eigenvalue weighted by Crippen LogP contribution is 2.28. The molecule has 26 heavy (non-hydrogen) atoms. The van der Waals surface area contributed by atoms with Crippen molar-refractivity contribution < 1.29 is 22.8 Å². The molecule has 2 aromatic rings. The van der Waals surface area contributed by atoms with E-state index in [1.165, 1.54) is 4.90 Å². The molecule has 3 rings (SSSR count). The van der Waals surface area contributed by atoms with Gasteiger partial charge in [-0.15, -0.1) is 0 Å². The molecule has 1 fully saturated rings. The number of H-pyrrole nitrogens is 1. The van der Waals surface area contributed by atoms with E-state index in [1.54, 1.807) is 24.5 Å². The van der Waals surface area contributed by atoms with Crippen LogP contribution in [0.4, 0.5) is 13.2 Å². The highest BCUT2D eigenvalue weighted by molar-refractivity contribution is 5.92. The molecule has 0 unspecified atom stereocenters. The number of rotatable bonds is 5. The zero-order chi connectivity index (χ0) is 18.7. The topological polar surface area (TPSA) is 91.0 Å². The monoisotopic (exact) mass is 367 g/mol. The molecule has 1 atom stereocenters. The Bertz CT molecular complexity index is 791. The van der Waals surface area contributed by atoms with E-state index in [-0.39, 0.29) is 30.7 Å². The number of hydrogen-bond donors (Lipinski definition) is 2.